The summed E-state index contributed by atoms with van der Waals surface area (Å²) in [4.78, 5) is 12.2. The van der Waals surface area contributed by atoms with Gasteiger partial charge in [0.05, 0.1) is 25.8 Å². The molecule has 0 saturated carbocycles. The fraction of sp³-hybridized carbons (Fsp3) is 0.375. The first-order valence-corrected chi connectivity index (χ1v) is 6.92. The number of ether oxygens (including phenoxy) is 1. The number of hydrogen-bond acceptors (Lipinski definition) is 3. The number of carbonyl (C=O) groups is 1. The third kappa shape index (κ3) is 3.42. The van der Waals surface area contributed by atoms with Crippen molar-refractivity contribution >= 4 is 5.91 Å². The summed E-state index contributed by atoms with van der Waals surface area (Å²) < 4.78 is 7.07. The fourth-order valence-electron chi connectivity index (χ4n) is 2.33. The Kier molecular flexibility index (Phi) is 4.62. The molecular formula is C16H21N3O2. The van der Waals surface area contributed by atoms with Crippen molar-refractivity contribution < 1.29 is 9.53 Å². The van der Waals surface area contributed by atoms with Gasteiger partial charge in [-0.25, -0.2) is 0 Å². The van der Waals surface area contributed by atoms with E-state index in [0.717, 1.165) is 22.6 Å². The van der Waals surface area contributed by atoms with Crippen molar-refractivity contribution in [1.29, 1.82) is 0 Å². The van der Waals surface area contributed by atoms with Crippen LogP contribution < -0.4 is 10.1 Å². The van der Waals surface area contributed by atoms with Gasteiger partial charge in [0.15, 0.2) is 0 Å². The summed E-state index contributed by atoms with van der Waals surface area (Å²) in [5, 5.41) is 7.20. The predicted octanol–water partition coefficient (Wildman–Crippen LogP) is 2.16. The van der Waals surface area contributed by atoms with E-state index in [2.05, 4.69) is 10.4 Å². The van der Waals surface area contributed by atoms with Gasteiger partial charge in [-0.3, -0.25) is 9.48 Å². The van der Waals surface area contributed by atoms with Gasteiger partial charge in [-0.2, -0.15) is 5.10 Å². The zero-order chi connectivity index (χ0) is 15.4. The molecule has 2 rings (SSSR count). The highest BCUT2D eigenvalue weighted by atomic mass is 16.5. The van der Waals surface area contributed by atoms with E-state index in [-0.39, 0.29) is 11.9 Å². The van der Waals surface area contributed by atoms with E-state index >= 15 is 0 Å². The number of aromatic nitrogens is 2. The first-order valence-electron chi connectivity index (χ1n) is 6.92. The highest BCUT2D eigenvalue weighted by molar-refractivity contribution is 5.79. The number of para-hydroxylation sites is 1. The average Bonchev–Trinajstić information content (AvgIpc) is 2.79. The molecule has 0 fully saturated rings. The molecule has 1 atom stereocenters. The van der Waals surface area contributed by atoms with Crippen molar-refractivity contribution in [3.8, 4) is 5.75 Å². The summed E-state index contributed by atoms with van der Waals surface area (Å²) in [5.74, 6) is 0.702. The van der Waals surface area contributed by atoms with Crippen molar-refractivity contribution in [3.63, 3.8) is 0 Å². The van der Waals surface area contributed by atoms with E-state index in [1.165, 1.54) is 0 Å². The third-order valence-electron chi connectivity index (χ3n) is 3.66. The highest BCUT2D eigenvalue weighted by Gasteiger charge is 2.15. The fourth-order valence-corrected chi connectivity index (χ4v) is 2.33. The van der Waals surface area contributed by atoms with Gasteiger partial charge in [0.2, 0.25) is 5.91 Å². The zero-order valence-electron chi connectivity index (χ0n) is 12.9. The van der Waals surface area contributed by atoms with Crippen LogP contribution in [-0.2, 0) is 18.3 Å². The lowest BCUT2D eigenvalue weighted by molar-refractivity contribution is -0.121. The number of carbonyl (C=O) groups excluding carboxylic acids is 1. The normalized spacial score (nSPS) is 12.0. The van der Waals surface area contributed by atoms with Gasteiger partial charge in [-0.05, 0) is 19.9 Å². The van der Waals surface area contributed by atoms with Crippen LogP contribution in [-0.4, -0.2) is 22.8 Å². The number of nitrogens with zero attached hydrogens (tertiary/aromatic N) is 2. The molecule has 1 N–H and O–H groups in total. The second-order valence-electron chi connectivity index (χ2n) is 5.09. The van der Waals surface area contributed by atoms with Crippen molar-refractivity contribution in [2.75, 3.05) is 7.11 Å². The Morgan fingerprint density at radius 2 is 2.14 bits per heavy atom. The van der Waals surface area contributed by atoms with Crippen LogP contribution in [0.15, 0.2) is 30.5 Å². The van der Waals surface area contributed by atoms with Crippen LogP contribution in [0.5, 0.6) is 5.75 Å². The van der Waals surface area contributed by atoms with E-state index < -0.39 is 0 Å². The number of methoxy groups -OCH3 is 1. The van der Waals surface area contributed by atoms with Crippen LogP contribution in [0.4, 0.5) is 0 Å². The first-order chi connectivity index (χ1) is 10.0. The molecule has 0 aliphatic heterocycles. The minimum absolute atomic E-state index is 0.0322. The van der Waals surface area contributed by atoms with Gasteiger partial charge in [-0.1, -0.05) is 18.2 Å². The van der Waals surface area contributed by atoms with E-state index in [4.69, 9.17) is 4.74 Å². The maximum Gasteiger partial charge on any atom is 0.225 e. The lowest BCUT2D eigenvalue weighted by atomic mass is 10.1. The van der Waals surface area contributed by atoms with Crippen LogP contribution >= 0.6 is 0 Å². The Hall–Kier alpha value is -2.30. The van der Waals surface area contributed by atoms with Crippen molar-refractivity contribution in [2.24, 2.45) is 7.05 Å². The average molecular weight is 287 g/mol. The summed E-state index contributed by atoms with van der Waals surface area (Å²) in [7, 11) is 3.50. The Morgan fingerprint density at radius 1 is 1.43 bits per heavy atom. The smallest absolute Gasteiger partial charge is 0.225 e. The van der Waals surface area contributed by atoms with Gasteiger partial charge in [0.25, 0.3) is 0 Å². The Morgan fingerprint density at radius 3 is 2.76 bits per heavy atom. The molecule has 1 heterocycles. The number of amides is 1. The van der Waals surface area contributed by atoms with Crippen molar-refractivity contribution in [2.45, 2.75) is 26.3 Å². The van der Waals surface area contributed by atoms with Crippen molar-refractivity contribution in [1.82, 2.24) is 15.1 Å². The maximum atomic E-state index is 12.2. The number of benzene rings is 1. The standard InChI is InChI=1S/C16H21N3O2/c1-11(14-10-17-19(3)12(14)2)18-16(20)9-13-7-5-6-8-15(13)21-4/h5-8,10-11H,9H2,1-4H3,(H,18,20)/t11-/m1/s1. The van der Waals surface area contributed by atoms with Crippen LogP contribution in [0.2, 0.25) is 0 Å². The molecule has 5 heteroatoms. The minimum atomic E-state index is -0.0686. The second kappa shape index (κ2) is 6.43. The lowest BCUT2D eigenvalue weighted by Gasteiger charge is -2.14. The number of aryl methyl sites for hydroxylation is 1. The molecule has 0 aliphatic rings. The largest absolute Gasteiger partial charge is 0.496 e. The molecule has 0 radical (unpaired) electrons. The van der Waals surface area contributed by atoms with Crippen LogP contribution in [0, 0.1) is 6.92 Å². The highest BCUT2D eigenvalue weighted by Crippen LogP contribution is 2.19. The molecule has 21 heavy (non-hydrogen) atoms. The zero-order valence-corrected chi connectivity index (χ0v) is 12.9. The Balaban J connectivity index is 2.03. The summed E-state index contributed by atoms with van der Waals surface area (Å²) in [6, 6.07) is 7.48. The van der Waals surface area contributed by atoms with Crippen molar-refractivity contribution in [3.05, 3.63) is 47.3 Å². The van der Waals surface area contributed by atoms with Crippen LogP contribution in [0.25, 0.3) is 0 Å². The molecular weight excluding hydrogens is 266 g/mol. The van der Waals surface area contributed by atoms with Gasteiger partial charge in [0, 0.05) is 23.9 Å². The van der Waals surface area contributed by atoms with E-state index in [1.54, 1.807) is 18.0 Å². The summed E-state index contributed by atoms with van der Waals surface area (Å²) in [6.45, 7) is 3.95. The molecule has 1 aromatic carbocycles. The van der Waals surface area contributed by atoms with Crippen LogP contribution in [0.3, 0.4) is 0 Å². The van der Waals surface area contributed by atoms with Gasteiger partial charge < -0.3 is 10.1 Å². The number of nitrogens with one attached hydrogen (secondary N) is 1. The molecule has 1 aromatic heterocycles. The number of rotatable bonds is 5. The van der Waals surface area contributed by atoms with E-state index in [1.807, 2.05) is 45.2 Å². The van der Waals surface area contributed by atoms with E-state index in [9.17, 15) is 4.79 Å². The maximum absolute atomic E-state index is 12.2. The first kappa shape index (κ1) is 15.1. The molecule has 0 saturated heterocycles. The molecule has 0 aliphatic carbocycles. The lowest BCUT2D eigenvalue weighted by Crippen LogP contribution is -2.28. The van der Waals surface area contributed by atoms with Gasteiger partial charge in [0.1, 0.15) is 5.75 Å². The quantitative estimate of drug-likeness (QED) is 0.917. The summed E-state index contributed by atoms with van der Waals surface area (Å²) in [5.41, 5.74) is 2.97. The monoisotopic (exact) mass is 287 g/mol. The molecule has 0 spiro atoms. The molecule has 0 unspecified atom stereocenters. The molecule has 1 amide bonds. The third-order valence-corrected chi connectivity index (χ3v) is 3.66. The Labute approximate surface area is 124 Å². The van der Waals surface area contributed by atoms with E-state index in [0.29, 0.717) is 6.42 Å². The van der Waals surface area contributed by atoms with Gasteiger partial charge >= 0.3 is 0 Å². The number of hydrogen-bond donors (Lipinski definition) is 1. The minimum Gasteiger partial charge on any atom is -0.496 e. The topological polar surface area (TPSA) is 56.1 Å². The summed E-state index contributed by atoms with van der Waals surface area (Å²) >= 11 is 0. The van der Waals surface area contributed by atoms with Gasteiger partial charge in [-0.15, -0.1) is 0 Å². The SMILES string of the molecule is COc1ccccc1CC(=O)N[C@H](C)c1cnn(C)c1C. The molecule has 2 aromatic rings. The Bertz CT molecular complexity index is 634. The predicted molar refractivity (Wildman–Crippen MR) is 81.2 cm³/mol. The molecule has 0 bridgehead atoms. The molecule has 112 valence electrons. The second-order valence-corrected chi connectivity index (χ2v) is 5.09. The molecule has 5 nitrogen and oxygen atoms in total. The summed E-state index contributed by atoms with van der Waals surface area (Å²) in [6.07, 6.45) is 2.09. The van der Waals surface area contributed by atoms with Crippen LogP contribution in [0.1, 0.15) is 29.8 Å².